The molecule has 0 saturated carbocycles. The summed E-state index contributed by atoms with van der Waals surface area (Å²) in [4.78, 5) is 7.28. The van der Waals surface area contributed by atoms with Gasteiger partial charge in [0.2, 0.25) is 0 Å². The fourth-order valence-electron chi connectivity index (χ4n) is 2.98. The second-order valence-electron chi connectivity index (χ2n) is 4.54. The monoisotopic (exact) mass is 176 g/mol. The van der Waals surface area contributed by atoms with Gasteiger partial charge in [0.25, 0.3) is 0 Å². The molecule has 0 aromatic carbocycles. The van der Waals surface area contributed by atoms with E-state index in [9.17, 15) is 0 Å². The third kappa shape index (κ3) is 1.08. The predicted octanol–water partition coefficient (Wildman–Crippen LogP) is 1.48. The summed E-state index contributed by atoms with van der Waals surface area (Å²) in [5.41, 5.74) is 1.34. The van der Waals surface area contributed by atoms with Crippen molar-refractivity contribution >= 4 is 6.21 Å². The number of nitrogens with zero attached hydrogens (tertiary/aromatic N) is 2. The number of fused-ring (bicyclic) bond motifs is 2. The van der Waals surface area contributed by atoms with Crippen molar-refractivity contribution in [2.45, 2.75) is 31.8 Å². The van der Waals surface area contributed by atoms with Crippen LogP contribution in [0.15, 0.2) is 16.6 Å². The number of allylic oxidation sites excluding steroid dienone is 1. The van der Waals surface area contributed by atoms with Crippen LogP contribution in [0.5, 0.6) is 0 Å². The molecule has 0 aromatic rings. The Bertz CT molecular complexity index is 272. The van der Waals surface area contributed by atoms with Crippen LogP contribution in [0.25, 0.3) is 0 Å². The zero-order valence-corrected chi connectivity index (χ0v) is 8.11. The Kier molecular flexibility index (Phi) is 1.59. The maximum absolute atomic E-state index is 4.68. The summed E-state index contributed by atoms with van der Waals surface area (Å²) < 4.78 is 0. The molecule has 3 fully saturated rings. The van der Waals surface area contributed by atoms with Crippen LogP contribution < -0.4 is 0 Å². The Morgan fingerprint density at radius 3 is 2.92 bits per heavy atom. The van der Waals surface area contributed by atoms with Crippen molar-refractivity contribution in [3.8, 4) is 0 Å². The minimum atomic E-state index is 0.589. The van der Waals surface area contributed by atoms with E-state index in [0.29, 0.717) is 12.1 Å². The molecule has 2 unspecified atom stereocenters. The first-order valence-corrected chi connectivity index (χ1v) is 5.30. The average molecular weight is 176 g/mol. The minimum Gasteiger partial charge on any atom is -0.295 e. The average Bonchev–Trinajstić information content (AvgIpc) is 2.19. The highest BCUT2D eigenvalue weighted by atomic mass is 15.2. The van der Waals surface area contributed by atoms with Crippen molar-refractivity contribution in [2.24, 2.45) is 10.9 Å². The van der Waals surface area contributed by atoms with Crippen molar-refractivity contribution in [3.63, 3.8) is 0 Å². The highest BCUT2D eigenvalue weighted by Gasteiger charge is 2.41. The lowest BCUT2D eigenvalue weighted by Gasteiger charge is -2.49. The molecule has 4 aliphatic rings. The van der Waals surface area contributed by atoms with Crippen LogP contribution >= 0.6 is 0 Å². The molecule has 0 aliphatic carbocycles. The maximum atomic E-state index is 4.68. The molecule has 4 aliphatic heterocycles. The van der Waals surface area contributed by atoms with E-state index < -0.39 is 0 Å². The van der Waals surface area contributed by atoms with Gasteiger partial charge in [-0.3, -0.25) is 9.89 Å². The zero-order valence-electron chi connectivity index (χ0n) is 8.11. The molecule has 4 rings (SSSR count). The molecular formula is C11H16N2. The maximum Gasteiger partial charge on any atom is 0.0719 e. The Morgan fingerprint density at radius 1 is 1.38 bits per heavy atom. The number of hydrogen-bond acceptors (Lipinski definition) is 2. The summed E-state index contributed by atoms with van der Waals surface area (Å²) >= 11 is 0. The second kappa shape index (κ2) is 2.68. The molecule has 0 radical (unpaired) electrons. The molecular weight excluding hydrogens is 160 g/mol. The minimum absolute atomic E-state index is 0.589. The van der Waals surface area contributed by atoms with Crippen molar-refractivity contribution in [3.05, 3.63) is 11.6 Å². The van der Waals surface area contributed by atoms with Crippen LogP contribution in [0.2, 0.25) is 0 Å². The van der Waals surface area contributed by atoms with Gasteiger partial charge >= 0.3 is 0 Å². The van der Waals surface area contributed by atoms with Gasteiger partial charge in [0.05, 0.1) is 12.1 Å². The normalized spacial score (nSPS) is 47.3. The molecule has 0 amide bonds. The summed E-state index contributed by atoms with van der Waals surface area (Å²) in [6.45, 7) is 4.75. The molecule has 3 saturated heterocycles. The van der Waals surface area contributed by atoms with Gasteiger partial charge in [0.15, 0.2) is 0 Å². The lowest BCUT2D eigenvalue weighted by Crippen LogP contribution is -2.57. The highest BCUT2D eigenvalue weighted by molar-refractivity contribution is 5.79. The molecule has 0 N–H and O–H groups in total. The SMILES string of the molecule is CC1=CC2C(N=C1)C1CCN2CC1. The number of aliphatic imine (C=N–C) groups is 1. The lowest BCUT2D eigenvalue weighted by molar-refractivity contribution is 0.0519. The van der Waals surface area contributed by atoms with E-state index in [1.54, 1.807) is 0 Å². The Balaban J connectivity index is 1.94. The summed E-state index contributed by atoms with van der Waals surface area (Å²) in [6, 6.07) is 1.23. The molecule has 70 valence electrons. The second-order valence-corrected chi connectivity index (χ2v) is 4.54. The molecule has 0 aromatic heterocycles. The van der Waals surface area contributed by atoms with E-state index in [4.69, 9.17) is 0 Å². The van der Waals surface area contributed by atoms with E-state index in [-0.39, 0.29) is 0 Å². The van der Waals surface area contributed by atoms with Gasteiger partial charge in [0.1, 0.15) is 0 Å². The summed E-state index contributed by atoms with van der Waals surface area (Å²) in [6.07, 6.45) is 7.20. The van der Waals surface area contributed by atoms with Gasteiger partial charge in [0, 0.05) is 6.21 Å². The van der Waals surface area contributed by atoms with Gasteiger partial charge in [-0.05, 0) is 44.3 Å². The summed E-state index contributed by atoms with van der Waals surface area (Å²) in [7, 11) is 0. The molecule has 0 spiro atoms. The van der Waals surface area contributed by atoms with E-state index in [1.807, 2.05) is 0 Å². The molecule has 2 nitrogen and oxygen atoms in total. The van der Waals surface area contributed by atoms with E-state index >= 15 is 0 Å². The smallest absolute Gasteiger partial charge is 0.0719 e. The highest BCUT2D eigenvalue weighted by Crippen LogP contribution is 2.36. The van der Waals surface area contributed by atoms with Crippen molar-refractivity contribution in [2.75, 3.05) is 13.1 Å². The van der Waals surface area contributed by atoms with Gasteiger partial charge < -0.3 is 0 Å². The first kappa shape index (κ1) is 7.74. The van der Waals surface area contributed by atoms with Crippen LogP contribution in [-0.4, -0.2) is 36.3 Å². The zero-order chi connectivity index (χ0) is 8.84. The van der Waals surface area contributed by atoms with Crippen molar-refractivity contribution < 1.29 is 0 Å². The Morgan fingerprint density at radius 2 is 2.15 bits per heavy atom. The van der Waals surface area contributed by atoms with Crippen LogP contribution in [-0.2, 0) is 0 Å². The number of hydrogen-bond donors (Lipinski definition) is 0. The van der Waals surface area contributed by atoms with E-state index in [2.05, 4.69) is 29.1 Å². The summed E-state index contributed by atoms with van der Waals surface area (Å²) in [5.74, 6) is 0.871. The lowest BCUT2D eigenvalue weighted by atomic mass is 9.77. The predicted molar refractivity (Wildman–Crippen MR) is 54.1 cm³/mol. The molecule has 4 heterocycles. The van der Waals surface area contributed by atoms with E-state index in [1.165, 1.54) is 31.5 Å². The van der Waals surface area contributed by atoms with Gasteiger partial charge in [-0.25, -0.2) is 0 Å². The quantitative estimate of drug-likeness (QED) is 0.546. The third-order valence-electron chi connectivity index (χ3n) is 3.71. The largest absolute Gasteiger partial charge is 0.295 e. The molecule has 2 atom stereocenters. The van der Waals surface area contributed by atoms with E-state index in [0.717, 1.165) is 5.92 Å². The Labute approximate surface area is 79.3 Å². The number of rotatable bonds is 0. The van der Waals surface area contributed by atoms with Crippen LogP contribution in [0, 0.1) is 5.92 Å². The summed E-state index contributed by atoms with van der Waals surface area (Å²) in [5, 5.41) is 0. The molecule has 13 heavy (non-hydrogen) atoms. The van der Waals surface area contributed by atoms with Crippen LogP contribution in [0.1, 0.15) is 19.8 Å². The first-order valence-electron chi connectivity index (χ1n) is 5.30. The fourth-order valence-corrected chi connectivity index (χ4v) is 2.98. The topological polar surface area (TPSA) is 15.6 Å². The molecule has 2 bridgehead atoms. The van der Waals surface area contributed by atoms with Crippen molar-refractivity contribution in [1.29, 1.82) is 0 Å². The van der Waals surface area contributed by atoms with Crippen LogP contribution in [0.3, 0.4) is 0 Å². The van der Waals surface area contributed by atoms with Crippen LogP contribution in [0.4, 0.5) is 0 Å². The van der Waals surface area contributed by atoms with Gasteiger partial charge in [-0.1, -0.05) is 6.08 Å². The number of piperidine rings is 3. The van der Waals surface area contributed by atoms with Crippen molar-refractivity contribution in [1.82, 2.24) is 4.90 Å². The molecule has 2 heteroatoms. The fraction of sp³-hybridized carbons (Fsp3) is 0.727. The van der Waals surface area contributed by atoms with Gasteiger partial charge in [-0.2, -0.15) is 0 Å². The standard InChI is InChI=1S/C11H16N2/c1-8-6-10-11(12-7-8)9-2-4-13(10)5-3-9/h6-7,9-11H,2-5H2,1H3. The first-order chi connectivity index (χ1) is 6.34. The van der Waals surface area contributed by atoms with Gasteiger partial charge in [-0.15, -0.1) is 0 Å². The third-order valence-corrected chi connectivity index (χ3v) is 3.71. The number of dihydropyridines is 1. The Hall–Kier alpha value is -0.630.